The Morgan fingerprint density at radius 3 is 1.92 bits per heavy atom. The number of carboxylic acid groups (broad SMARTS) is 3. The van der Waals surface area contributed by atoms with E-state index in [9.17, 15) is 24.0 Å². The molecule has 0 spiro atoms. The lowest BCUT2D eigenvalue weighted by Crippen LogP contribution is -2.49. The highest BCUT2D eigenvalue weighted by Crippen LogP contribution is 1.97. The summed E-state index contributed by atoms with van der Waals surface area (Å²) in [6, 6.07) is -2.15. The van der Waals surface area contributed by atoms with Gasteiger partial charge in [-0.05, 0) is 13.3 Å². The third-order valence-electron chi connectivity index (χ3n) is 2.61. The lowest BCUT2D eigenvalue weighted by atomic mass is 10.1. The van der Waals surface area contributed by atoms with E-state index in [1.54, 1.807) is 0 Å². The zero-order chi connectivity index (χ0) is 20.9. The summed E-state index contributed by atoms with van der Waals surface area (Å²) in [5.74, 6) is -4.89. The molecule has 0 saturated heterocycles. The minimum Gasteiger partial charge on any atom is -0.480 e. The molecule has 0 aliphatic heterocycles. The van der Waals surface area contributed by atoms with Crippen LogP contribution in [0.2, 0.25) is 0 Å². The van der Waals surface area contributed by atoms with Crippen LogP contribution in [0.15, 0.2) is 0 Å². The first-order valence-electron chi connectivity index (χ1n) is 7.21. The largest absolute Gasteiger partial charge is 0.480 e. The van der Waals surface area contributed by atoms with E-state index in [0.29, 0.717) is 0 Å². The fourth-order valence-electron chi connectivity index (χ4n) is 1.16. The highest BCUT2D eigenvalue weighted by molar-refractivity contribution is 7.80. The Morgan fingerprint density at radius 1 is 1.08 bits per heavy atom. The standard InChI is InChI=1S/C10H17N3O6S.C3H6O3/c11-5(10(18)19)1-2-7(14)13-6(4-20)9(17)12-3-8(15)16;1-2(4)3(5)6/h5-6,20H,1-4,11H2,(H,12,17)(H,13,14)(H,15,16)(H,18,19);2,4H,1H3,(H,5,6)/t5-,6-;/m0./s1. The number of aliphatic hydroxyl groups is 1. The van der Waals surface area contributed by atoms with E-state index in [1.165, 1.54) is 6.92 Å². The second-order valence-electron chi connectivity index (χ2n) is 4.91. The summed E-state index contributed by atoms with van der Waals surface area (Å²) in [4.78, 5) is 53.2. The van der Waals surface area contributed by atoms with Crippen LogP contribution in [0, 0.1) is 0 Å². The molecule has 150 valence electrons. The number of aliphatic hydroxyl groups excluding tert-OH is 1. The van der Waals surface area contributed by atoms with Gasteiger partial charge in [0.15, 0.2) is 0 Å². The topological polar surface area (TPSA) is 216 Å². The predicted molar refractivity (Wildman–Crippen MR) is 90.6 cm³/mol. The van der Waals surface area contributed by atoms with Crippen molar-refractivity contribution >= 4 is 42.4 Å². The van der Waals surface area contributed by atoms with Gasteiger partial charge in [-0.2, -0.15) is 12.6 Å². The fraction of sp³-hybridized carbons (Fsp3) is 0.615. The van der Waals surface area contributed by atoms with Gasteiger partial charge in [-0.3, -0.25) is 19.2 Å². The number of thiol groups is 1. The molecule has 0 aliphatic carbocycles. The molecule has 0 radical (unpaired) electrons. The second-order valence-corrected chi connectivity index (χ2v) is 5.28. The quantitative estimate of drug-likeness (QED) is 0.178. The smallest absolute Gasteiger partial charge is 0.332 e. The molecule has 0 fully saturated rings. The molecule has 0 aliphatic rings. The molecule has 0 bridgehead atoms. The molecular weight excluding hydrogens is 374 g/mol. The molecule has 3 atom stereocenters. The first kappa shape index (κ1) is 25.9. The number of amides is 2. The molecule has 0 heterocycles. The van der Waals surface area contributed by atoms with Gasteiger partial charge < -0.3 is 36.8 Å². The Morgan fingerprint density at radius 2 is 1.58 bits per heavy atom. The van der Waals surface area contributed by atoms with E-state index < -0.39 is 54.5 Å². The molecule has 0 aromatic carbocycles. The van der Waals surface area contributed by atoms with Crippen LogP contribution in [0.5, 0.6) is 0 Å². The molecular formula is C13H23N3O9S. The number of carbonyl (C=O) groups is 5. The van der Waals surface area contributed by atoms with Crippen molar-refractivity contribution < 1.29 is 44.4 Å². The Balaban J connectivity index is 0. The Hall–Kier alpha value is -2.38. The van der Waals surface area contributed by atoms with Crippen molar-refractivity contribution in [1.82, 2.24) is 10.6 Å². The van der Waals surface area contributed by atoms with E-state index in [0.717, 1.165) is 0 Å². The maximum Gasteiger partial charge on any atom is 0.332 e. The van der Waals surface area contributed by atoms with E-state index >= 15 is 0 Å². The average Bonchev–Trinajstić information content (AvgIpc) is 2.55. The molecule has 13 heteroatoms. The van der Waals surface area contributed by atoms with E-state index in [1.807, 2.05) is 0 Å². The van der Waals surface area contributed by atoms with Crippen LogP contribution >= 0.6 is 12.6 Å². The van der Waals surface area contributed by atoms with E-state index in [-0.39, 0.29) is 18.6 Å². The minimum atomic E-state index is -1.23. The Bertz CT molecular complexity index is 513. The van der Waals surface area contributed by atoms with Crippen LogP contribution in [0.25, 0.3) is 0 Å². The van der Waals surface area contributed by atoms with E-state index in [4.69, 9.17) is 26.2 Å². The minimum absolute atomic E-state index is 0.0256. The van der Waals surface area contributed by atoms with Crippen molar-refractivity contribution in [2.24, 2.45) is 5.73 Å². The van der Waals surface area contributed by atoms with Crippen LogP contribution in [0.1, 0.15) is 19.8 Å². The van der Waals surface area contributed by atoms with Crippen LogP contribution in [-0.4, -0.2) is 80.6 Å². The maximum absolute atomic E-state index is 11.5. The highest BCUT2D eigenvalue weighted by atomic mass is 32.1. The van der Waals surface area contributed by atoms with Crippen molar-refractivity contribution in [3.8, 4) is 0 Å². The summed E-state index contributed by atoms with van der Waals surface area (Å²) in [5, 5.41) is 37.1. The molecule has 8 N–H and O–H groups in total. The van der Waals surface area contributed by atoms with Crippen LogP contribution in [0.3, 0.4) is 0 Å². The van der Waals surface area contributed by atoms with Gasteiger partial charge in [0, 0.05) is 12.2 Å². The van der Waals surface area contributed by atoms with Gasteiger partial charge in [-0.1, -0.05) is 0 Å². The average molecular weight is 397 g/mol. The normalized spacial score (nSPS) is 13.2. The summed E-state index contributed by atoms with van der Waals surface area (Å²) < 4.78 is 0. The second kappa shape index (κ2) is 13.9. The third-order valence-corrected chi connectivity index (χ3v) is 2.97. The molecule has 0 aromatic rings. The SMILES string of the molecule is CC(O)C(=O)O.N[C@@H](CCC(=O)N[C@@H](CS)C(=O)NCC(=O)O)C(=O)O. The monoisotopic (exact) mass is 397 g/mol. The molecule has 0 aromatic heterocycles. The summed E-state index contributed by atoms with van der Waals surface area (Å²) in [6.45, 7) is 0.630. The summed E-state index contributed by atoms with van der Waals surface area (Å²) in [6.07, 6.45) is -1.47. The van der Waals surface area contributed by atoms with Gasteiger partial charge in [-0.15, -0.1) is 0 Å². The van der Waals surface area contributed by atoms with Crippen molar-refractivity contribution in [2.75, 3.05) is 12.3 Å². The number of rotatable bonds is 10. The number of aliphatic carboxylic acids is 3. The van der Waals surface area contributed by atoms with Crippen molar-refractivity contribution in [1.29, 1.82) is 0 Å². The zero-order valence-electron chi connectivity index (χ0n) is 13.9. The zero-order valence-corrected chi connectivity index (χ0v) is 14.8. The maximum atomic E-state index is 11.5. The Kier molecular flexibility index (Phi) is 13.8. The number of nitrogens with one attached hydrogen (secondary N) is 2. The molecule has 0 rings (SSSR count). The van der Waals surface area contributed by atoms with Gasteiger partial charge in [-0.25, -0.2) is 4.79 Å². The molecule has 1 unspecified atom stereocenters. The van der Waals surface area contributed by atoms with Crippen molar-refractivity contribution in [3.05, 3.63) is 0 Å². The summed E-state index contributed by atoms with van der Waals surface area (Å²) >= 11 is 3.87. The van der Waals surface area contributed by atoms with Crippen LogP contribution < -0.4 is 16.4 Å². The van der Waals surface area contributed by atoms with Gasteiger partial charge in [0.1, 0.15) is 24.7 Å². The molecule has 0 saturated carbocycles. The highest BCUT2D eigenvalue weighted by Gasteiger charge is 2.20. The van der Waals surface area contributed by atoms with Gasteiger partial charge in [0.2, 0.25) is 11.8 Å². The summed E-state index contributed by atoms with van der Waals surface area (Å²) in [7, 11) is 0. The number of hydrogen-bond acceptors (Lipinski definition) is 8. The first-order chi connectivity index (χ1) is 11.9. The van der Waals surface area contributed by atoms with Gasteiger partial charge in [0.05, 0.1) is 0 Å². The van der Waals surface area contributed by atoms with Gasteiger partial charge >= 0.3 is 17.9 Å². The third kappa shape index (κ3) is 14.0. The van der Waals surface area contributed by atoms with Crippen LogP contribution in [-0.2, 0) is 24.0 Å². The lowest BCUT2D eigenvalue weighted by Gasteiger charge is -2.16. The van der Waals surface area contributed by atoms with Gasteiger partial charge in [0.25, 0.3) is 0 Å². The number of hydrogen-bond donors (Lipinski definition) is 8. The Labute approximate surface area is 154 Å². The number of carboxylic acids is 3. The number of nitrogens with two attached hydrogens (primary N) is 1. The summed E-state index contributed by atoms with van der Waals surface area (Å²) in [5.41, 5.74) is 5.23. The fourth-order valence-corrected chi connectivity index (χ4v) is 1.41. The first-order valence-corrected chi connectivity index (χ1v) is 7.84. The lowest BCUT2D eigenvalue weighted by molar-refractivity contribution is -0.145. The van der Waals surface area contributed by atoms with Crippen molar-refractivity contribution in [2.45, 2.75) is 38.0 Å². The predicted octanol–water partition coefficient (Wildman–Crippen LogP) is -2.75. The molecule has 26 heavy (non-hydrogen) atoms. The molecule has 2 amide bonds. The molecule has 12 nitrogen and oxygen atoms in total. The number of carbonyl (C=O) groups excluding carboxylic acids is 2. The van der Waals surface area contributed by atoms with E-state index in [2.05, 4.69) is 23.3 Å². The van der Waals surface area contributed by atoms with Crippen LogP contribution in [0.4, 0.5) is 0 Å². The van der Waals surface area contributed by atoms with Crippen molar-refractivity contribution in [3.63, 3.8) is 0 Å².